The summed E-state index contributed by atoms with van der Waals surface area (Å²) in [5.74, 6) is -0.747. The number of carbonyl (C=O) groups is 1. The van der Waals surface area contributed by atoms with Gasteiger partial charge in [0.2, 0.25) is 11.5 Å². The van der Waals surface area contributed by atoms with Crippen LogP contribution in [0.2, 0.25) is 0 Å². The van der Waals surface area contributed by atoms with Gasteiger partial charge in [-0.15, -0.1) is 0 Å². The topological polar surface area (TPSA) is 116 Å². The number of hydrogen-bond acceptors (Lipinski definition) is 7. The molecule has 1 aromatic carbocycles. The summed E-state index contributed by atoms with van der Waals surface area (Å²) in [6.07, 6.45) is 3.51. The van der Waals surface area contributed by atoms with E-state index in [2.05, 4.69) is 5.32 Å². The van der Waals surface area contributed by atoms with E-state index in [1.165, 1.54) is 11.0 Å². The Morgan fingerprint density at radius 2 is 1.96 bits per heavy atom. The third-order valence-corrected chi connectivity index (χ3v) is 6.10. The van der Waals surface area contributed by atoms with Crippen LogP contribution in [0.25, 0.3) is 0 Å². The van der Waals surface area contributed by atoms with Crippen molar-refractivity contribution in [1.29, 1.82) is 0 Å². The predicted molar refractivity (Wildman–Crippen MR) is 84.7 cm³/mol. The zero-order chi connectivity index (χ0) is 17.6. The number of aliphatic hydroxyl groups is 2. The molecular weight excluding hydrogens is 326 g/mol. The van der Waals surface area contributed by atoms with Gasteiger partial charge in [0.05, 0.1) is 11.0 Å². The fourth-order valence-corrected chi connectivity index (χ4v) is 5.08. The normalized spacial score (nSPS) is 38.2. The average molecular weight is 343 g/mol. The average Bonchev–Trinajstić information content (AvgIpc) is 3.12. The molecule has 4 atom stereocenters. The molecule has 0 radical (unpaired) electrons. The van der Waals surface area contributed by atoms with E-state index in [4.69, 9.17) is 0 Å². The SMILES string of the molecule is O=C1c2ccccc2C2(O)N3C(=C([N+](=O)[O-])C12O)NC1CCCCC13. The Morgan fingerprint density at radius 1 is 1.24 bits per heavy atom. The molecule has 0 amide bonds. The van der Waals surface area contributed by atoms with Crippen LogP contribution in [0, 0.1) is 10.1 Å². The third kappa shape index (κ3) is 1.41. The van der Waals surface area contributed by atoms with E-state index in [1.54, 1.807) is 18.2 Å². The number of benzene rings is 1. The molecule has 0 spiro atoms. The molecular formula is C17H17N3O5. The highest BCUT2D eigenvalue weighted by molar-refractivity contribution is 6.10. The Kier molecular flexibility index (Phi) is 2.61. The van der Waals surface area contributed by atoms with Crippen LogP contribution in [-0.4, -0.2) is 43.5 Å². The first-order valence-corrected chi connectivity index (χ1v) is 8.46. The van der Waals surface area contributed by atoms with Gasteiger partial charge in [0, 0.05) is 17.2 Å². The first kappa shape index (κ1) is 14.9. The lowest BCUT2D eigenvalue weighted by molar-refractivity contribution is -0.445. The lowest BCUT2D eigenvalue weighted by Crippen LogP contribution is -2.60. The fraction of sp³-hybridized carbons (Fsp3) is 0.471. The van der Waals surface area contributed by atoms with Crippen molar-refractivity contribution in [3.8, 4) is 0 Å². The Morgan fingerprint density at radius 3 is 2.72 bits per heavy atom. The van der Waals surface area contributed by atoms with Crippen LogP contribution < -0.4 is 5.32 Å². The van der Waals surface area contributed by atoms with Crippen LogP contribution in [0.3, 0.4) is 0 Å². The van der Waals surface area contributed by atoms with Crippen LogP contribution in [0.1, 0.15) is 41.6 Å². The molecule has 2 heterocycles. The lowest BCUT2D eigenvalue weighted by Gasteiger charge is -2.41. The van der Waals surface area contributed by atoms with Gasteiger partial charge < -0.3 is 20.4 Å². The number of nitrogens with zero attached hydrogens (tertiary/aromatic N) is 2. The Bertz CT molecular complexity index is 868. The smallest absolute Gasteiger partial charge is 0.330 e. The second-order valence-electron chi connectivity index (χ2n) is 7.18. The summed E-state index contributed by atoms with van der Waals surface area (Å²) in [7, 11) is 0. The van der Waals surface area contributed by atoms with Crippen molar-refractivity contribution in [1.82, 2.24) is 10.2 Å². The number of fused-ring (bicyclic) bond motifs is 7. The van der Waals surface area contributed by atoms with Crippen molar-refractivity contribution >= 4 is 5.78 Å². The molecule has 1 saturated carbocycles. The number of rotatable bonds is 1. The molecule has 2 aliphatic carbocycles. The minimum Gasteiger partial charge on any atom is -0.368 e. The summed E-state index contributed by atoms with van der Waals surface area (Å²) in [4.78, 5) is 25.5. The third-order valence-electron chi connectivity index (χ3n) is 6.10. The van der Waals surface area contributed by atoms with Crippen LogP contribution in [-0.2, 0) is 5.72 Å². The number of ketones is 1. The van der Waals surface area contributed by atoms with E-state index in [0.717, 1.165) is 25.7 Å². The monoisotopic (exact) mass is 343 g/mol. The molecule has 1 aromatic rings. The molecule has 2 aliphatic heterocycles. The van der Waals surface area contributed by atoms with Gasteiger partial charge in [-0.25, -0.2) is 0 Å². The van der Waals surface area contributed by atoms with Crippen LogP contribution in [0.15, 0.2) is 35.8 Å². The molecule has 0 aromatic heterocycles. The van der Waals surface area contributed by atoms with Gasteiger partial charge >= 0.3 is 5.70 Å². The van der Waals surface area contributed by atoms with E-state index >= 15 is 0 Å². The summed E-state index contributed by atoms with van der Waals surface area (Å²) in [6.45, 7) is 0. The number of nitrogens with one attached hydrogen (secondary N) is 1. The van der Waals surface area contributed by atoms with Gasteiger partial charge in [-0.05, 0) is 12.8 Å². The highest BCUT2D eigenvalue weighted by Gasteiger charge is 2.79. The molecule has 0 bridgehead atoms. The van der Waals surface area contributed by atoms with E-state index in [1.807, 2.05) is 0 Å². The molecule has 8 nitrogen and oxygen atoms in total. The highest BCUT2D eigenvalue weighted by Crippen LogP contribution is 2.59. The minimum absolute atomic E-state index is 0.0323. The molecule has 2 fully saturated rings. The molecule has 1 saturated heterocycles. The van der Waals surface area contributed by atoms with Gasteiger partial charge in [0.1, 0.15) is 0 Å². The van der Waals surface area contributed by atoms with Crippen molar-refractivity contribution in [2.45, 2.75) is 49.1 Å². The molecule has 130 valence electrons. The van der Waals surface area contributed by atoms with Gasteiger partial charge in [-0.1, -0.05) is 37.1 Å². The van der Waals surface area contributed by atoms with E-state index < -0.39 is 27.7 Å². The second-order valence-corrected chi connectivity index (χ2v) is 7.18. The van der Waals surface area contributed by atoms with Gasteiger partial charge in [0.25, 0.3) is 5.60 Å². The van der Waals surface area contributed by atoms with Crippen LogP contribution in [0.4, 0.5) is 0 Å². The number of Topliss-reactive ketones (excluding diaryl/α,β-unsaturated/α-hetero) is 1. The quantitative estimate of drug-likeness (QED) is 0.500. The summed E-state index contributed by atoms with van der Waals surface area (Å²) in [5, 5.41) is 37.7. The molecule has 4 unspecified atom stereocenters. The molecule has 25 heavy (non-hydrogen) atoms. The largest absolute Gasteiger partial charge is 0.368 e. The first-order chi connectivity index (χ1) is 11.9. The molecule has 8 heteroatoms. The summed E-state index contributed by atoms with van der Waals surface area (Å²) in [5.41, 5.74) is -5.05. The van der Waals surface area contributed by atoms with E-state index in [0.29, 0.717) is 0 Å². The minimum atomic E-state index is -2.61. The second kappa shape index (κ2) is 4.39. The van der Waals surface area contributed by atoms with Crippen molar-refractivity contribution < 1.29 is 19.9 Å². The molecule has 4 aliphatic rings. The fourth-order valence-electron chi connectivity index (χ4n) is 5.08. The lowest BCUT2D eigenvalue weighted by atomic mass is 9.85. The van der Waals surface area contributed by atoms with Crippen molar-refractivity contribution in [2.24, 2.45) is 0 Å². The summed E-state index contributed by atoms with van der Waals surface area (Å²) < 4.78 is 0. The van der Waals surface area contributed by atoms with Crippen molar-refractivity contribution in [3.63, 3.8) is 0 Å². The maximum atomic E-state index is 12.9. The van der Waals surface area contributed by atoms with Crippen LogP contribution in [0.5, 0.6) is 0 Å². The zero-order valence-electron chi connectivity index (χ0n) is 13.3. The standard InChI is InChI=1S/C17H17N3O5/c21-14-9-5-1-2-6-10(9)17(23)16(14,22)13(20(24)25)15-18-11-7-3-4-8-12(11)19(15)17/h1-2,5-6,11-12,18,22-23H,3-4,7-8H2. The summed E-state index contributed by atoms with van der Waals surface area (Å²) >= 11 is 0. The number of nitro groups is 1. The van der Waals surface area contributed by atoms with Gasteiger partial charge in [-0.3, -0.25) is 14.9 Å². The first-order valence-electron chi connectivity index (χ1n) is 8.46. The van der Waals surface area contributed by atoms with E-state index in [9.17, 15) is 25.1 Å². The maximum absolute atomic E-state index is 12.9. The van der Waals surface area contributed by atoms with Crippen molar-refractivity contribution in [3.05, 3.63) is 57.0 Å². The van der Waals surface area contributed by atoms with Gasteiger partial charge in [-0.2, -0.15) is 0 Å². The summed E-state index contributed by atoms with van der Waals surface area (Å²) in [6, 6.07) is 6.09. The zero-order valence-corrected chi connectivity index (χ0v) is 13.3. The maximum Gasteiger partial charge on any atom is 0.330 e. The molecule has 5 rings (SSSR count). The number of carbonyl (C=O) groups excluding carboxylic acids is 1. The van der Waals surface area contributed by atoms with Gasteiger partial charge in [0.15, 0.2) is 5.82 Å². The Balaban J connectivity index is 1.82. The number of hydrogen-bond donors (Lipinski definition) is 3. The predicted octanol–water partition coefficient (Wildman–Crippen LogP) is 0.435. The van der Waals surface area contributed by atoms with Crippen molar-refractivity contribution in [2.75, 3.05) is 0 Å². The Labute approximate surface area is 142 Å². The van der Waals surface area contributed by atoms with E-state index in [-0.39, 0.29) is 29.0 Å². The Hall–Kier alpha value is -2.45. The highest BCUT2D eigenvalue weighted by atomic mass is 16.6. The molecule has 3 N–H and O–H groups in total. The van der Waals surface area contributed by atoms with Crippen LogP contribution >= 0.6 is 0 Å².